The van der Waals surface area contributed by atoms with Crippen molar-refractivity contribution in [2.45, 2.75) is 17.4 Å². The Morgan fingerprint density at radius 3 is 2.38 bits per heavy atom. The third-order valence-electron chi connectivity index (χ3n) is 2.85. The molecule has 88 valence electrons. The second kappa shape index (κ2) is 4.07. The fourth-order valence-corrected chi connectivity index (χ4v) is 2.56. The Morgan fingerprint density at radius 1 is 1.31 bits per heavy atom. The molecule has 0 bridgehead atoms. The van der Waals surface area contributed by atoms with Crippen molar-refractivity contribution in [3.8, 4) is 0 Å². The van der Waals surface area contributed by atoms with Crippen LogP contribution in [0.2, 0.25) is 0 Å². The molecule has 1 atom stereocenters. The van der Waals surface area contributed by atoms with Crippen LogP contribution in [-0.2, 0) is 9.84 Å². The summed E-state index contributed by atoms with van der Waals surface area (Å²) in [5, 5.41) is 0. The topological polar surface area (TPSA) is 63.4 Å². The Labute approximate surface area is 96.0 Å². The molecule has 0 aromatic heterocycles. The molecule has 1 aromatic rings. The second-order valence-corrected chi connectivity index (χ2v) is 6.28. The lowest BCUT2D eigenvalue weighted by Crippen LogP contribution is -2.26. The summed E-state index contributed by atoms with van der Waals surface area (Å²) in [6.45, 7) is 1.79. The number of nitrogens with two attached hydrogens (primary N) is 1. The molecular formula is C11H16N2O2S. The fraction of sp³-hybridized carbons (Fsp3) is 0.455. The largest absolute Gasteiger partial charge is 0.370 e. The van der Waals surface area contributed by atoms with Crippen molar-refractivity contribution in [1.29, 1.82) is 0 Å². The predicted molar refractivity (Wildman–Crippen MR) is 64.4 cm³/mol. The van der Waals surface area contributed by atoms with Crippen molar-refractivity contribution in [3.05, 3.63) is 24.3 Å². The van der Waals surface area contributed by atoms with Gasteiger partial charge < -0.3 is 10.6 Å². The Hall–Kier alpha value is -1.07. The third kappa shape index (κ3) is 2.36. The highest BCUT2D eigenvalue weighted by Crippen LogP contribution is 2.21. The monoisotopic (exact) mass is 240 g/mol. The summed E-state index contributed by atoms with van der Waals surface area (Å²) < 4.78 is 22.6. The summed E-state index contributed by atoms with van der Waals surface area (Å²) in [6.07, 6.45) is 2.21. The summed E-state index contributed by atoms with van der Waals surface area (Å²) in [7, 11) is -3.10. The van der Waals surface area contributed by atoms with E-state index in [9.17, 15) is 8.42 Å². The van der Waals surface area contributed by atoms with Crippen molar-refractivity contribution >= 4 is 15.5 Å². The van der Waals surface area contributed by atoms with Gasteiger partial charge in [-0.3, -0.25) is 0 Å². The molecule has 1 heterocycles. The smallest absolute Gasteiger partial charge is 0.175 e. The molecule has 1 fully saturated rings. The molecule has 16 heavy (non-hydrogen) atoms. The molecule has 2 rings (SSSR count). The van der Waals surface area contributed by atoms with Gasteiger partial charge in [-0.2, -0.15) is 0 Å². The molecule has 2 N–H and O–H groups in total. The molecule has 0 amide bonds. The van der Waals surface area contributed by atoms with Crippen LogP contribution in [0.25, 0.3) is 0 Å². The molecule has 0 saturated carbocycles. The van der Waals surface area contributed by atoms with Crippen LogP contribution < -0.4 is 10.6 Å². The number of sulfone groups is 1. The van der Waals surface area contributed by atoms with E-state index in [2.05, 4.69) is 4.90 Å². The van der Waals surface area contributed by atoms with E-state index in [1.54, 1.807) is 12.1 Å². The average Bonchev–Trinajstić information content (AvgIpc) is 2.64. The lowest BCUT2D eigenvalue weighted by molar-refractivity contribution is 0.602. The van der Waals surface area contributed by atoms with Crippen LogP contribution in [0.5, 0.6) is 0 Å². The molecule has 0 aliphatic carbocycles. The standard InChI is InChI=1S/C11H16N2O2S/c1-16(14,15)11-4-2-10(3-5-11)13-7-6-9(12)8-13/h2-5,9H,6-8,12H2,1H3/t9-/m1/s1. The first-order chi connectivity index (χ1) is 7.47. The van der Waals surface area contributed by atoms with Gasteiger partial charge in [0.1, 0.15) is 0 Å². The van der Waals surface area contributed by atoms with Crippen LogP contribution in [0.3, 0.4) is 0 Å². The van der Waals surface area contributed by atoms with Gasteiger partial charge in [0.2, 0.25) is 0 Å². The zero-order valence-electron chi connectivity index (χ0n) is 9.26. The molecule has 1 aliphatic rings. The van der Waals surface area contributed by atoms with Crippen LogP contribution in [0.15, 0.2) is 29.2 Å². The Balaban J connectivity index is 2.20. The maximum atomic E-state index is 11.3. The highest BCUT2D eigenvalue weighted by molar-refractivity contribution is 7.90. The molecule has 0 unspecified atom stereocenters. The number of benzene rings is 1. The number of anilines is 1. The van der Waals surface area contributed by atoms with Crippen LogP contribution in [0, 0.1) is 0 Å². The summed E-state index contributed by atoms with van der Waals surface area (Å²) >= 11 is 0. The molecule has 1 saturated heterocycles. The first kappa shape index (κ1) is 11.4. The molecule has 1 aromatic carbocycles. The van der Waals surface area contributed by atoms with Gasteiger partial charge in [-0.05, 0) is 30.7 Å². The van der Waals surface area contributed by atoms with Gasteiger partial charge in [0.05, 0.1) is 4.90 Å². The quantitative estimate of drug-likeness (QED) is 0.823. The minimum atomic E-state index is -3.10. The lowest BCUT2D eigenvalue weighted by atomic mass is 10.3. The van der Waals surface area contributed by atoms with Crippen molar-refractivity contribution in [2.24, 2.45) is 5.73 Å². The van der Waals surface area contributed by atoms with Crippen LogP contribution in [0.1, 0.15) is 6.42 Å². The fourth-order valence-electron chi connectivity index (χ4n) is 1.93. The summed E-state index contributed by atoms with van der Waals surface area (Å²) in [4.78, 5) is 2.54. The van der Waals surface area contributed by atoms with E-state index in [0.717, 1.165) is 25.2 Å². The van der Waals surface area contributed by atoms with Crippen molar-refractivity contribution < 1.29 is 8.42 Å². The first-order valence-electron chi connectivity index (χ1n) is 5.27. The molecule has 5 heteroatoms. The van der Waals surface area contributed by atoms with Gasteiger partial charge in [0, 0.05) is 31.1 Å². The van der Waals surface area contributed by atoms with Crippen LogP contribution >= 0.6 is 0 Å². The molecule has 4 nitrogen and oxygen atoms in total. The molecule has 0 spiro atoms. The summed E-state index contributed by atoms with van der Waals surface area (Å²) in [6, 6.07) is 7.21. The summed E-state index contributed by atoms with van der Waals surface area (Å²) in [5.74, 6) is 0. The Kier molecular flexibility index (Phi) is 2.90. The van der Waals surface area contributed by atoms with Gasteiger partial charge in [0.25, 0.3) is 0 Å². The van der Waals surface area contributed by atoms with Crippen molar-refractivity contribution in [3.63, 3.8) is 0 Å². The van der Waals surface area contributed by atoms with E-state index in [0.29, 0.717) is 4.90 Å². The maximum absolute atomic E-state index is 11.3. The number of nitrogens with zero attached hydrogens (tertiary/aromatic N) is 1. The van der Waals surface area contributed by atoms with E-state index in [1.165, 1.54) is 6.26 Å². The zero-order chi connectivity index (χ0) is 11.8. The minimum Gasteiger partial charge on any atom is -0.370 e. The van der Waals surface area contributed by atoms with E-state index >= 15 is 0 Å². The van der Waals surface area contributed by atoms with Gasteiger partial charge in [-0.25, -0.2) is 8.42 Å². The van der Waals surface area contributed by atoms with Gasteiger partial charge in [0.15, 0.2) is 9.84 Å². The number of rotatable bonds is 2. The normalized spacial score (nSPS) is 21.4. The van der Waals surface area contributed by atoms with Crippen molar-refractivity contribution in [2.75, 3.05) is 24.2 Å². The van der Waals surface area contributed by atoms with Crippen LogP contribution in [0.4, 0.5) is 5.69 Å². The number of hydrogen-bond donors (Lipinski definition) is 1. The van der Waals surface area contributed by atoms with E-state index in [1.807, 2.05) is 12.1 Å². The number of hydrogen-bond acceptors (Lipinski definition) is 4. The predicted octanol–water partition coefficient (Wildman–Crippen LogP) is 0.628. The van der Waals surface area contributed by atoms with E-state index in [-0.39, 0.29) is 6.04 Å². The van der Waals surface area contributed by atoms with Gasteiger partial charge >= 0.3 is 0 Å². The second-order valence-electron chi connectivity index (χ2n) is 4.26. The average molecular weight is 240 g/mol. The molecule has 0 radical (unpaired) electrons. The minimum absolute atomic E-state index is 0.231. The zero-order valence-corrected chi connectivity index (χ0v) is 10.1. The Bertz CT molecular complexity index is 467. The van der Waals surface area contributed by atoms with Crippen molar-refractivity contribution in [1.82, 2.24) is 0 Å². The van der Waals surface area contributed by atoms with Crippen LogP contribution in [-0.4, -0.2) is 33.8 Å². The first-order valence-corrected chi connectivity index (χ1v) is 7.16. The summed E-state index contributed by atoms with van der Waals surface area (Å²) in [5.41, 5.74) is 6.87. The highest BCUT2D eigenvalue weighted by Gasteiger charge is 2.19. The van der Waals surface area contributed by atoms with Gasteiger partial charge in [-0.15, -0.1) is 0 Å². The SMILES string of the molecule is CS(=O)(=O)c1ccc(N2CC[C@@H](N)C2)cc1. The van der Waals surface area contributed by atoms with Gasteiger partial charge in [-0.1, -0.05) is 0 Å². The highest BCUT2D eigenvalue weighted by atomic mass is 32.2. The third-order valence-corrected chi connectivity index (χ3v) is 3.98. The maximum Gasteiger partial charge on any atom is 0.175 e. The Morgan fingerprint density at radius 2 is 1.94 bits per heavy atom. The van der Waals surface area contributed by atoms with E-state index < -0.39 is 9.84 Å². The van der Waals surface area contributed by atoms with E-state index in [4.69, 9.17) is 5.73 Å². The molecule has 1 aliphatic heterocycles. The lowest BCUT2D eigenvalue weighted by Gasteiger charge is -2.18. The molecular weight excluding hydrogens is 224 g/mol.